The normalized spacial score (nSPS) is 9.80. The molecule has 0 aliphatic carbocycles. The van der Waals surface area contributed by atoms with E-state index in [0.717, 1.165) is 6.42 Å². The highest BCUT2D eigenvalue weighted by Crippen LogP contribution is 2.06. The zero-order valence-electron chi connectivity index (χ0n) is 6.59. The van der Waals surface area contributed by atoms with E-state index in [1.54, 1.807) is 0 Å². The Morgan fingerprint density at radius 1 is 1.50 bits per heavy atom. The molecule has 0 aliphatic heterocycles. The third-order valence-electron chi connectivity index (χ3n) is 1.67. The Morgan fingerprint density at radius 3 is 2.90 bits per heavy atom. The highest BCUT2D eigenvalue weighted by atomic mass is 14.6. The van der Waals surface area contributed by atoms with Gasteiger partial charge in [0.2, 0.25) is 0 Å². The summed E-state index contributed by atoms with van der Waals surface area (Å²) in [7, 11) is 0. The number of pyridine rings is 1. The summed E-state index contributed by atoms with van der Waals surface area (Å²) in [6.07, 6.45) is 6.15. The molecule has 0 spiro atoms. The molecule has 0 unspecified atom stereocenters. The van der Waals surface area contributed by atoms with Gasteiger partial charge in [0.25, 0.3) is 0 Å². The van der Waals surface area contributed by atoms with Gasteiger partial charge in [-0.05, 0) is 30.5 Å². The third-order valence-corrected chi connectivity index (χ3v) is 1.67. The molecule has 0 aliphatic rings. The minimum atomic E-state index is 1.15. The molecule has 0 atom stereocenters. The number of aromatic nitrogens is 1. The second kappa shape index (κ2) is 3.35. The molecule has 0 radical (unpaired) electrons. The van der Waals surface area contributed by atoms with Crippen LogP contribution in [0.15, 0.2) is 18.5 Å². The van der Waals surface area contributed by atoms with E-state index < -0.39 is 0 Å². The molecule has 0 fully saturated rings. The van der Waals surface area contributed by atoms with Gasteiger partial charge in [-0.15, -0.1) is 0 Å². The molecule has 0 saturated carbocycles. The van der Waals surface area contributed by atoms with Crippen molar-refractivity contribution in [3.63, 3.8) is 0 Å². The number of nitrogens with zero attached hydrogens (tertiary/aromatic N) is 1. The van der Waals surface area contributed by atoms with E-state index in [9.17, 15) is 0 Å². The lowest BCUT2D eigenvalue weighted by atomic mass is 10.1. The summed E-state index contributed by atoms with van der Waals surface area (Å²) < 4.78 is 0. The van der Waals surface area contributed by atoms with Crippen molar-refractivity contribution in [3.05, 3.63) is 29.6 Å². The van der Waals surface area contributed by atoms with Crippen molar-refractivity contribution < 1.29 is 0 Å². The Labute approximate surface area is 62.1 Å². The second-order valence-electron chi connectivity index (χ2n) is 2.55. The monoisotopic (exact) mass is 135 g/mol. The van der Waals surface area contributed by atoms with Crippen LogP contribution in [0.3, 0.4) is 0 Å². The molecule has 0 aromatic carbocycles. The molecular weight excluding hydrogens is 122 g/mol. The number of rotatable bonds is 2. The molecule has 1 heterocycles. The molecule has 0 N–H and O–H groups in total. The molecular formula is C9H13N. The lowest BCUT2D eigenvalue weighted by Crippen LogP contribution is -1.88. The number of hydrogen-bond acceptors (Lipinski definition) is 1. The van der Waals surface area contributed by atoms with Crippen molar-refractivity contribution in [2.75, 3.05) is 0 Å². The van der Waals surface area contributed by atoms with Crippen molar-refractivity contribution in [2.24, 2.45) is 0 Å². The molecule has 1 heteroatoms. The lowest BCUT2D eigenvalue weighted by Gasteiger charge is -2.00. The smallest absolute Gasteiger partial charge is 0.0302 e. The first-order valence-electron chi connectivity index (χ1n) is 3.74. The Kier molecular flexibility index (Phi) is 2.43. The average Bonchev–Trinajstić information content (AvgIpc) is 1.94. The van der Waals surface area contributed by atoms with Crippen LogP contribution < -0.4 is 0 Å². The molecule has 54 valence electrons. The van der Waals surface area contributed by atoms with E-state index in [4.69, 9.17) is 0 Å². The predicted molar refractivity (Wildman–Crippen MR) is 43.0 cm³/mol. The Bertz CT molecular complexity index is 206. The minimum absolute atomic E-state index is 1.15. The Morgan fingerprint density at radius 2 is 2.30 bits per heavy atom. The molecule has 10 heavy (non-hydrogen) atoms. The summed E-state index contributed by atoms with van der Waals surface area (Å²) in [6.45, 7) is 4.32. The van der Waals surface area contributed by atoms with E-state index >= 15 is 0 Å². The van der Waals surface area contributed by atoms with Crippen molar-refractivity contribution in [1.29, 1.82) is 0 Å². The quantitative estimate of drug-likeness (QED) is 0.606. The van der Waals surface area contributed by atoms with Crippen LogP contribution in [0.2, 0.25) is 0 Å². The first kappa shape index (κ1) is 7.26. The van der Waals surface area contributed by atoms with E-state index in [1.807, 2.05) is 12.4 Å². The standard InChI is InChI=1S/C9H13N/c1-3-4-9-7-10-6-5-8(9)2/h5-7H,3-4H2,1-2H3. The van der Waals surface area contributed by atoms with Crippen LogP contribution in [0.25, 0.3) is 0 Å². The molecule has 1 rings (SSSR count). The lowest BCUT2D eigenvalue weighted by molar-refractivity contribution is 0.904. The van der Waals surface area contributed by atoms with Crippen molar-refractivity contribution in [1.82, 2.24) is 4.98 Å². The van der Waals surface area contributed by atoms with Crippen LogP contribution >= 0.6 is 0 Å². The summed E-state index contributed by atoms with van der Waals surface area (Å²) in [5.41, 5.74) is 2.74. The second-order valence-corrected chi connectivity index (χ2v) is 2.55. The van der Waals surface area contributed by atoms with Gasteiger partial charge in [-0.3, -0.25) is 4.98 Å². The minimum Gasteiger partial charge on any atom is -0.264 e. The van der Waals surface area contributed by atoms with Crippen LogP contribution in [0.4, 0.5) is 0 Å². The van der Waals surface area contributed by atoms with Crippen LogP contribution in [0.5, 0.6) is 0 Å². The topological polar surface area (TPSA) is 12.9 Å². The maximum Gasteiger partial charge on any atom is 0.0302 e. The molecule has 0 bridgehead atoms. The summed E-state index contributed by atoms with van der Waals surface area (Å²) >= 11 is 0. The van der Waals surface area contributed by atoms with Gasteiger partial charge in [0.1, 0.15) is 0 Å². The van der Waals surface area contributed by atoms with Gasteiger partial charge in [-0.1, -0.05) is 13.3 Å². The summed E-state index contributed by atoms with van der Waals surface area (Å²) in [5, 5.41) is 0. The van der Waals surface area contributed by atoms with Crippen molar-refractivity contribution in [2.45, 2.75) is 26.7 Å². The highest BCUT2D eigenvalue weighted by Gasteiger charge is 1.93. The van der Waals surface area contributed by atoms with Crippen LogP contribution in [-0.2, 0) is 6.42 Å². The SMILES string of the molecule is CCCc1cnccc1C. The number of hydrogen-bond donors (Lipinski definition) is 0. The van der Waals surface area contributed by atoms with Gasteiger partial charge in [0, 0.05) is 12.4 Å². The fourth-order valence-electron chi connectivity index (χ4n) is 1.03. The van der Waals surface area contributed by atoms with E-state index in [2.05, 4.69) is 24.9 Å². The third kappa shape index (κ3) is 1.56. The average molecular weight is 135 g/mol. The van der Waals surface area contributed by atoms with Crippen molar-refractivity contribution >= 4 is 0 Å². The van der Waals surface area contributed by atoms with Crippen LogP contribution in [0.1, 0.15) is 24.5 Å². The van der Waals surface area contributed by atoms with Gasteiger partial charge in [-0.25, -0.2) is 0 Å². The zero-order valence-corrected chi connectivity index (χ0v) is 6.59. The first-order chi connectivity index (χ1) is 4.84. The fraction of sp³-hybridized carbons (Fsp3) is 0.444. The van der Waals surface area contributed by atoms with Gasteiger partial charge in [0.15, 0.2) is 0 Å². The molecule has 1 aromatic rings. The van der Waals surface area contributed by atoms with E-state index in [1.165, 1.54) is 17.5 Å². The van der Waals surface area contributed by atoms with E-state index in [-0.39, 0.29) is 0 Å². The molecule has 1 aromatic heterocycles. The van der Waals surface area contributed by atoms with Crippen LogP contribution in [-0.4, -0.2) is 4.98 Å². The summed E-state index contributed by atoms with van der Waals surface area (Å²) in [6, 6.07) is 2.06. The maximum absolute atomic E-state index is 4.06. The van der Waals surface area contributed by atoms with Crippen molar-refractivity contribution in [3.8, 4) is 0 Å². The first-order valence-corrected chi connectivity index (χ1v) is 3.74. The van der Waals surface area contributed by atoms with E-state index in [0.29, 0.717) is 0 Å². The number of aryl methyl sites for hydroxylation is 2. The molecule has 0 saturated heterocycles. The molecule has 0 amide bonds. The van der Waals surface area contributed by atoms with Gasteiger partial charge >= 0.3 is 0 Å². The largest absolute Gasteiger partial charge is 0.264 e. The Hall–Kier alpha value is -0.850. The maximum atomic E-state index is 4.06. The summed E-state index contributed by atoms with van der Waals surface area (Å²) in [4.78, 5) is 4.06. The predicted octanol–water partition coefficient (Wildman–Crippen LogP) is 2.34. The van der Waals surface area contributed by atoms with Gasteiger partial charge in [-0.2, -0.15) is 0 Å². The summed E-state index contributed by atoms with van der Waals surface area (Å²) in [5.74, 6) is 0. The molecule has 1 nitrogen and oxygen atoms in total. The Balaban J connectivity index is 2.81. The van der Waals surface area contributed by atoms with Crippen LogP contribution in [0, 0.1) is 6.92 Å². The zero-order chi connectivity index (χ0) is 7.40. The fourth-order valence-corrected chi connectivity index (χ4v) is 1.03. The van der Waals surface area contributed by atoms with Gasteiger partial charge in [0.05, 0.1) is 0 Å². The highest BCUT2D eigenvalue weighted by molar-refractivity contribution is 5.21. The van der Waals surface area contributed by atoms with Gasteiger partial charge < -0.3 is 0 Å².